The summed E-state index contributed by atoms with van der Waals surface area (Å²) in [4.78, 5) is 19.5. The predicted octanol–water partition coefficient (Wildman–Crippen LogP) is 4.89. The van der Waals surface area contributed by atoms with Crippen LogP contribution in [-0.2, 0) is 5.41 Å². The molecule has 4 aromatic rings. The molecule has 6 rings (SSSR count). The van der Waals surface area contributed by atoms with Crippen LogP contribution in [0.2, 0.25) is 0 Å². The lowest BCUT2D eigenvalue weighted by atomic mass is 9.81. The predicted molar refractivity (Wildman–Crippen MR) is 166 cm³/mol. The van der Waals surface area contributed by atoms with Gasteiger partial charge < -0.3 is 29.4 Å². The molecule has 2 aliphatic rings. The van der Waals surface area contributed by atoms with Crippen molar-refractivity contribution in [3.05, 3.63) is 60.6 Å². The van der Waals surface area contributed by atoms with Gasteiger partial charge in [0, 0.05) is 54.6 Å². The van der Waals surface area contributed by atoms with Crippen molar-refractivity contribution in [2.75, 3.05) is 43.4 Å². The fraction of sp³-hybridized carbons (Fsp3) is 0.469. The van der Waals surface area contributed by atoms with Crippen LogP contribution < -0.4 is 20.7 Å². The van der Waals surface area contributed by atoms with Gasteiger partial charge in [-0.1, -0.05) is 44.5 Å². The van der Waals surface area contributed by atoms with Crippen molar-refractivity contribution in [1.29, 1.82) is 0 Å². The van der Waals surface area contributed by atoms with E-state index in [0.717, 1.165) is 61.7 Å². The summed E-state index contributed by atoms with van der Waals surface area (Å²) in [5.41, 5.74) is 2.45. The van der Waals surface area contributed by atoms with E-state index in [1.54, 1.807) is 6.07 Å². The minimum atomic E-state index is -0.577. The Morgan fingerprint density at radius 2 is 1.95 bits per heavy atom. The number of fused-ring (bicyclic) bond motifs is 1. The molecule has 1 unspecified atom stereocenters. The molecule has 1 atom stereocenters. The van der Waals surface area contributed by atoms with E-state index in [-0.39, 0.29) is 11.5 Å². The molecule has 5 heterocycles. The third-order valence-electron chi connectivity index (χ3n) is 8.19. The highest BCUT2D eigenvalue weighted by Gasteiger charge is 2.47. The number of likely N-dealkylation sites (tertiary alicyclic amines) is 1. The van der Waals surface area contributed by atoms with Crippen LogP contribution >= 0.6 is 0 Å². The number of rotatable bonds is 9. The Morgan fingerprint density at radius 1 is 1.14 bits per heavy atom. The molecular weight excluding hydrogens is 546 g/mol. The number of imidazole rings is 1. The van der Waals surface area contributed by atoms with Gasteiger partial charge in [-0.05, 0) is 50.1 Å². The van der Waals surface area contributed by atoms with Gasteiger partial charge in [0.25, 0.3) is 0 Å². The number of aliphatic hydroxyl groups is 1. The zero-order chi connectivity index (χ0) is 30.0. The van der Waals surface area contributed by atoms with Gasteiger partial charge in [-0.15, -0.1) is 0 Å². The summed E-state index contributed by atoms with van der Waals surface area (Å²) in [5, 5.41) is 23.8. The number of β-amino-alcohol motifs (C(OH)–C–C–N with tert-alkyl or cyclic N) is 1. The van der Waals surface area contributed by atoms with Gasteiger partial charge in [-0.3, -0.25) is 10.2 Å². The van der Waals surface area contributed by atoms with E-state index in [1.165, 1.54) is 12.8 Å². The van der Waals surface area contributed by atoms with Gasteiger partial charge in [-0.25, -0.2) is 9.78 Å². The number of aromatic nitrogens is 3. The van der Waals surface area contributed by atoms with Gasteiger partial charge in [0.1, 0.15) is 22.8 Å². The van der Waals surface area contributed by atoms with E-state index >= 15 is 0 Å². The van der Waals surface area contributed by atoms with E-state index in [0.29, 0.717) is 23.9 Å². The summed E-state index contributed by atoms with van der Waals surface area (Å²) in [6, 6.07) is 13.0. The number of amides is 2. The largest absolute Gasteiger partial charge is 0.492 e. The van der Waals surface area contributed by atoms with Crippen molar-refractivity contribution in [3.8, 4) is 17.0 Å². The standard InChI is InChI=1S/C32H41N7O4/c1-31(2,3)27-17-28(37-43-27)36-30(40)34-23-10-8-22(9-11-23)25-19-39-18-24(12-13-29(39)35-25)42-16-6-15-38-20-32(41,21-38)26-7-4-5-14-33-26/h8-13,17-19,26,33,41H,4-7,14-16,20-21H2,1-3H3,(H2,34,36,37,40). The minimum absolute atomic E-state index is 0.193. The number of pyridine rings is 1. The van der Waals surface area contributed by atoms with Gasteiger partial charge in [0.05, 0.1) is 18.5 Å². The maximum Gasteiger partial charge on any atom is 0.324 e. The molecule has 43 heavy (non-hydrogen) atoms. The Hall–Kier alpha value is -3.93. The number of anilines is 2. The summed E-state index contributed by atoms with van der Waals surface area (Å²) in [6.45, 7) is 10.1. The Morgan fingerprint density at radius 3 is 2.67 bits per heavy atom. The van der Waals surface area contributed by atoms with Crippen molar-refractivity contribution in [2.45, 2.75) is 63.5 Å². The van der Waals surface area contributed by atoms with E-state index < -0.39 is 11.6 Å². The molecule has 2 saturated heterocycles. The zero-order valence-corrected chi connectivity index (χ0v) is 25.1. The van der Waals surface area contributed by atoms with E-state index in [1.807, 2.05) is 74.0 Å². The summed E-state index contributed by atoms with van der Waals surface area (Å²) in [7, 11) is 0. The first-order valence-corrected chi connectivity index (χ1v) is 15.1. The summed E-state index contributed by atoms with van der Waals surface area (Å²) in [6.07, 6.45) is 8.28. The zero-order valence-electron chi connectivity index (χ0n) is 25.1. The smallest absolute Gasteiger partial charge is 0.324 e. The van der Waals surface area contributed by atoms with Gasteiger partial charge in [-0.2, -0.15) is 0 Å². The molecule has 2 amide bonds. The van der Waals surface area contributed by atoms with Crippen molar-refractivity contribution in [2.24, 2.45) is 0 Å². The molecular formula is C32H41N7O4. The van der Waals surface area contributed by atoms with Crippen molar-refractivity contribution >= 4 is 23.2 Å². The topological polar surface area (TPSA) is 129 Å². The third kappa shape index (κ3) is 6.84. The molecule has 2 aliphatic heterocycles. The number of nitrogens with one attached hydrogen (secondary N) is 3. The molecule has 0 saturated carbocycles. The second kappa shape index (κ2) is 12.0. The number of carbonyl (C=O) groups is 1. The summed E-state index contributed by atoms with van der Waals surface area (Å²) < 4.78 is 13.3. The van der Waals surface area contributed by atoms with Gasteiger partial charge in [0.2, 0.25) is 0 Å². The number of hydrogen-bond acceptors (Lipinski definition) is 8. The lowest BCUT2D eigenvalue weighted by Crippen LogP contribution is -2.71. The van der Waals surface area contributed by atoms with Crippen LogP contribution in [0.3, 0.4) is 0 Å². The van der Waals surface area contributed by atoms with Crippen LogP contribution in [-0.4, -0.2) is 75.0 Å². The molecule has 1 aromatic carbocycles. The van der Waals surface area contributed by atoms with Gasteiger partial charge >= 0.3 is 6.03 Å². The maximum atomic E-state index is 12.4. The Bertz CT molecular complexity index is 1540. The molecule has 11 heteroatoms. The number of nitrogens with zero attached hydrogens (tertiary/aromatic N) is 4. The SMILES string of the molecule is CC(C)(C)c1cc(NC(=O)Nc2ccc(-c3cn4cc(OCCCN5CC(O)(C6CCCCN6)C5)ccc4n3)cc2)no1. The molecule has 3 aromatic heterocycles. The van der Waals surface area contributed by atoms with Crippen LogP contribution in [0.25, 0.3) is 16.9 Å². The molecule has 11 nitrogen and oxygen atoms in total. The molecule has 0 aliphatic carbocycles. The fourth-order valence-corrected chi connectivity index (χ4v) is 5.78. The summed E-state index contributed by atoms with van der Waals surface area (Å²) >= 11 is 0. The van der Waals surface area contributed by atoms with Crippen molar-refractivity contribution in [3.63, 3.8) is 0 Å². The Labute approximate surface area is 251 Å². The maximum absolute atomic E-state index is 12.4. The molecule has 0 radical (unpaired) electrons. The Balaban J connectivity index is 0.970. The Kier molecular flexibility index (Phi) is 8.13. The summed E-state index contributed by atoms with van der Waals surface area (Å²) in [5.74, 6) is 1.85. The second-order valence-electron chi connectivity index (χ2n) is 12.8. The number of urea groups is 1. The first-order chi connectivity index (χ1) is 20.6. The number of benzene rings is 1. The van der Waals surface area contributed by atoms with Crippen molar-refractivity contribution in [1.82, 2.24) is 24.8 Å². The first kappa shape index (κ1) is 29.2. The van der Waals surface area contributed by atoms with E-state index in [2.05, 4.69) is 26.0 Å². The fourth-order valence-electron chi connectivity index (χ4n) is 5.78. The average Bonchev–Trinajstić information content (AvgIpc) is 3.62. The molecule has 4 N–H and O–H groups in total. The highest BCUT2D eigenvalue weighted by atomic mass is 16.5. The number of piperidine rings is 1. The lowest BCUT2D eigenvalue weighted by Gasteiger charge is -2.52. The van der Waals surface area contributed by atoms with E-state index in [9.17, 15) is 9.90 Å². The quantitative estimate of drug-likeness (QED) is 0.204. The number of hydrogen-bond donors (Lipinski definition) is 4. The first-order valence-electron chi connectivity index (χ1n) is 15.1. The van der Waals surface area contributed by atoms with Crippen LogP contribution in [0, 0.1) is 0 Å². The van der Waals surface area contributed by atoms with Crippen LogP contribution in [0.1, 0.15) is 52.2 Å². The molecule has 0 spiro atoms. The van der Waals surface area contributed by atoms with E-state index in [4.69, 9.17) is 14.2 Å². The van der Waals surface area contributed by atoms with Gasteiger partial charge in [0.15, 0.2) is 5.82 Å². The van der Waals surface area contributed by atoms with Crippen LogP contribution in [0.5, 0.6) is 5.75 Å². The highest BCUT2D eigenvalue weighted by Crippen LogP contribution is 2.29. The minimum Gasteiger partial charge on any atom is -0.492 e. The lowest BCUT2D eigenvalue weighted by molar-refractivity contribution is -0.125. The molecule has 0 bridgehead atoms. The number of carbonyl (C=O) groups excluding carboxylic acids is 1. The molecule has 228 valence electrons. The highest BCUT2D eigenvalue weighted by molar-refractivity contribution is 5.99. The average molecular weight is 588 g/mol. The molecule has 2 fully saturated rings. The van der Waals surface area contributed by atoms with Crippen LogP contribution in [0.4, 0.5) is 16.3 Å². The van der Waals surface area contributed by atoms with Crippen LogP contribution in [0.15, 0.2) is 59.4 Å². The normalized spacial score (nSPS) is 18.7. The number of ether oxygens (including phenoxy) is 1. The van der Waals surface area contributed by atoms with Crippen molar-refractivity contribution < 1.29 is 19.2 Å². The monoisotopic (exact) mass is 587 g/mol. The third-order valence-corrected chi connectivity index (χ3v) is 8.19. The second-order valence-corrected chi connectivity index (χ2v) is 12.8.